The van der Waals surface area contributed by atoms with Gasteiger partial charge in [0.1, 0.15) is 6.04 Å². The normalized spacial score (nSPS) is 11.6. The fourth-order valence-corrected chi connectivity index (χ4v) is 1.46. The first-order valence-electron chi connectivity index (χ1n) is 5.29. The van der Waals surface area contributed by atoms with E-state index in [9.17, 15) is 9.59 Å². The predicted molar refractivity (Wildman–Crippen MR) is 61.8 cm³/mol. The zero-order chi connectivity index (χ0) is 11.8. The largest absolute Gasteiger partial charge is 0.355 e. The summed E-state index contributed by atoms with van der Waals surface area (Å²) >= 11 is 0. The van der Waals surface area contributed by atoms with Crippen LogP contribution in [0.15, 0.2) is 30.3 Å². The summed E-state index contributed by atoms with van der Waals surface area (Å²) in [5.41, 5.74) is 1.02. The van der Waals surface area contributed by atoms with Crippen molar-refractivity contribution in [3.05, 3.63) is 35.9 Å². The fraction of sp³-hybridized carbons (Fsp3) is 0.333. The van der Waals surface area contributed by atoms with E-state index in [2.05, 4.69) is 10.6 Å². The summed E-state index contributed by atoms with van der Waals surface area (Å²) in [5.74, 6) is -0.154. The first-order valence-corrected chi connectivity index (χ1v) is 5.29. The summed E-state index contributed by atoms with van der Waals surface area (Å²) in [7, 11) is 0. The molecule has 0 spiro atoms. The zero-order valence-electron chi connectivity index (χ0n) is 9.27. The molecule has 0 aliphatic rings. The minimum absolute atomic E-state index is 0.154. The highest BCUT2D eigenvalue weighted by Crippen LogP contribution is 2.02. The van der Waals surface area contributed by atoms with Crippen molar-refractivity contribution in [1.29, 1.82) is 0 Å². The van der Waals surface area contributed by atoms with Crippen LogP contribution in [0.2, 0.25) is 0 Å². The van der Waals surface area contributed by atoms with Crippen LogP contribution >= 0.6 is 0 Å². The molecule has 2 amide bonds. The lowest BCUT2D eigenvalue weighted by Crippen LogP contribution is -2.45. The Labute approximate surface area is 95.0 Å². The van der Waals surface area contributed by atoms with Crippen LogP contribution in [0.3, 0.4) is 0 Å². The molecule has 1 aromatic rings. The van der Waals surface area contributed by atoms with Gasteiger partial charge in [-0.15, -0.1) is 0 Å². The van der Waals surface area contributed by atoms with Gasteiger partial charge in [-0.2, -0.15) is 0 Å². The number of rotatable bonds is 6. The van der Waals surface area contributed by atoms with Crippen LogP contribution in [0.5, 0.6) is 0 Å². The maximum atomic E-state index is 11.6. The predicted octanol–water partition coefficient (Wildman–Crippen LogP) is 0.480. The zero-order valence-corrected chi connectivity index (χ0v) is 9.27. The van der Waals surface area contributed by atoms with Crippen LogP contribution < -0.4 is 10.6 Å². The Hall–Kier alpha value is -1.84. The van der Waals surface area contributed by atoms with Gasteiger partial charge in [0.2, 0.25) is 12.3 Å². The van der Waals surface area contributed by atoms with E-state index in [0.29, 0.717) is 19.4 Å². The third kappa shape index (κ3) is 3.73. The van der Waals surface area contributed by atoms with Crippen molar-refractivity contribution in [2.45, 2.75) is 19.4 Å². The van der Waals surface area contributed by atoms with Crippen molar-refractivity contribution in [2.24, 2.45) is 0 Å². The molecule has 0 saturated carbocycles. The molecular weight excluding hydrogens is 204 g/mol. The number of carbonyl (C=O) groups is 2. The van der Waals surface area contributed by atoms with Crippen LogP contribution in [0.4, 0.5) is 0 Å². The minimum Gasteiger partial charge on any atom is -0.355 e. The third-order valence-corrected chi connectivity index (χ3v) is 2.22. The lowest BCUT2D eigenvalue weighted by Gasteiger charge is -2.15. The van der Waals surface area contributed by atoms with Gasteiger partial charge >= 0.3 is 0 Å². The summed E-state index contributed by atoms with van der Waals surface area (Å²) < 4.78 is 0. The number of hydrogen-bond acceptors (Lipinski definition) is 2. The van der Waals surface area contributed by atoms with Gasteiger partial charge in [-0.05, 0) is 12.5 Å². The summed E-state index contributed by atoms with van der Waals surface area (Å²) in [4.78, 5) is 22.0. The number of likely N-dealkylation sites (N-methyl/N-ethyl adjacent to an activating group) is 1. The Morgan fingerprint density at radius 3 is 2.62 bits per heavy atom. The first-order chi connectivity index (χ1) is 7.77. The monoisotopic (exact) mass is 220 g/mol. The van der Waals surface area contributed by atoms with E-state index >= 15 is 0 Å². The molecule has 1 rings (SSSR count). The number of amides is 2. The molecule has 1 atom stereocenters. The molecule has 0 aromatic heterocycles. The molecule has 0 bridgehead atoms. The van der Waals surface area contributed by atoms with Crippen molar-refractivity contribution in [3.8, 4) is 0 Å². The van der Waals surface area contributed by atoms with Crippen molar-refractivity contribution in [3.63, 3.8) is 0 Å². The molecule has 0 heterocycles. The Kier molecular flexibility index (Phi) is 5.05. The Bertz CT molecular complexity index is 338. The lowest BCUT2D eigenvalue weighted by molar-refractivity contribution is -0.125. The molecular formula is C12H16N2O2. The Morgan fingerprint density at radius 2 is 2.06 bits per heavy atom. The third-order valence-electron chi connectivity index (χ3n) is 2.22. The van der Waals surface area contributed by atoms with Gasteiger partial charge in [-0.25, -0.2) is 0 Å². The molecule has 2 N–H and O–H groups in total. The van der Waals surface area contributed by atoms with Gasteiger partial charge in [0.05, 0.1) is 0 Å². The van der Waals surface area contributed by atoms with E-state index in [1.807, 2.05) is 37.3 Å². The molecule has 0 aliphatic heterocycles. The van der Waals surface area contributed by atoms with Crippen molar-refractivity contribution >= 4 is 12.3 Å². The molecule has 16 heavy (non-hydrogen) atoms. The van der Waals surface area contributed by atoms with Crippen LogP contribution in [-0.4, -0.2) is 24.9 Å². The summed E-state index contributed by atoms with van der Waals surface area (Å²) in [5, 5.41) is 5.21. The smallest absolute Gasteiger partial charge is 0.242 e. The van der Waals surface area contributed by atoms with Gasteiger partial charge in [0, 0.05) is 13.0 Å². The number of hydrogen-bond donors (Lipinski definition) is 2. The average molecular weight is 220 g/mol. The highest BCUT2D eigenvalue weighted by Gasteiger charge is 2.16. The van der Waals surface area contributed by atoms with E-state index in [0.717, 1.165) is 5.56 Å². The minimum atomic E-state index is -0.500. The maximum absolute atomic E-state index is 11.6. The molecule has 0 fully saturated rings. The average Bonchev–Trinajstić information content (AvgIpc) is 2.30. The van der Waals surface area contributed by atoms with E-state index in [4.69, 9.17) is 0 Å². The molecule has 86 valence electrons. The van der Waals surface area contributed by atoms with E-state index < -0.39 is 6.04 Å². The highest BCUT2D eigenvalue weighted by atomic mass is 16.2. The van der Waals surface area contributed by atoms with Crippen LogP contribution in [-0.2, 0) is 16.0 Å². The topological polar surface area (TPSA) is 58.2 Å². The van der Waals surface area contributed by atoms with Crippen molar-refractivity contribution in [1.82, 2.24) is 10.6 Å². The molecule has 1 aromatic carbocycles. The molecule has 4 nitrogen and oxygen atoms in total. The van der Waals surface area contributed by atoms with Gasteiger partial charge < -0.3 is 10.6 Å². The quantitative estimate of drug-likeness (QED) is 0.685. The first kappa shape index (κ1) is 12.2. The summed E-state index contributed by atoms with van der Waals surface area (Å²) in [6, 6.07) is 9.09. The Morgan fingerprint density at radius 1 is 1.38 bits per heavy atom. The maximum Gasteiger partial charge on any atom is 0.242 e. The second-order valence-electron chi connectivity index (χ2n) is 3.42. The molecule has 0 radical (unpaired) electrons. The highest BCUT2D eigenvalue weighted by molar-refractivity contribution is 5.83. The molecule has 0 saturated heterocycles. The van der Waals surface area contributed by atoms with E-state index in [1.54, 1.807) is 0 Å². The SMILES string of the molecule is CCNC(=O)C(Cc1ccccc1)NC=O. The van der Waals surface area contributed by atoms with Gasteiger partial charge in [0.15, 0.2) is 0 Å². The second kappa shape index (κ2) is 6.61. The van der Waals surface area contributed by atoms with E-state index in [-0.39, 0.29) is 5.91 Å². The van der Waals surface area contributed by atoms with E-state index in [1.165, 1.54) is 0 Å². The number of carbonyl (C=O) groups excluding carboxylic acids is 2. The molecule has 0 aliphatic carbocycles. The van der Waals surface area contributed by atoms with Gasteiger partial charge in [0.25, 0.3) is 0 Å². The second-order valence-corrected chi connectivity index (χ2v) is 3.42. The molecule has 1 unspecified atom stereocenters. The Balaban J connectivity index is 2.64. The standard InChI is InChI=1S/C12H16N2O2/c1-2-13-12(16)11(14-9-15)8-10-6-4-3-5-7-10/h3-7,9,11H,2,8H2,1H3,(H,13,16)(H,14,15). The van der Waals surface area contributed by atoms with Crippen molar-refractivity contribution < 1.29 is 9.59 Å². The summed E-state index contributed by atoms with van der Waals surface area (Å²) in [6.07, 6.45) is 1.06. The van der Waals surface area contributed by atoms with Crippen molar-refractivity contribution in [2.75, 3.05) is 6.54 Å². The summed E-state index contributed by atoms with van der Waals surface area (Å²) in [6.45, 7) is 2.41. The van der Waals surface area contributed by atoms with Crippen LogP contribution in [0, 0.1) is 0 Å². The van der Waals surface area contributed by atoms with Crippen LogP contribution in [0.25, 0.3) is 0 Å². The van der Waals surface area contributed by atoms with Gasteiger partial charge in [-0.3, -0.25) is 9.59 Å². The van der Waals surface area contributed by atoms with Gasteiger partial charge in [-0.1, -0.05) is 30.3 Å². The lowest BCUT2D eigenvalue weighted by atomic mass is 10.1. The van der Waals surface area contributed by atoms with Crippen LogP contribution in [0.1, 0.15) is 12.5 Å². The number of benzene rings is 1. The number of nitrogens with one attached hydrogen (secondary N) is 2. The fourth-order valence-electron chi connectivity index (χ4n) is 1.46. The molecule has 4 heteroatoms.